The molecule has 20 heavy (non-hydrogen) atoms. The van der Waals surface area contributed by atoms with Crippen molar-refractivity contribution in [1.29, 1.82) is 0 Å². The van der Waals surface area contributed by atoms with Crippen molar-refractivity contribution in [1.82, 2.24) is 14.5 Å². The highest BCUT2D eigenvalue weighted by atomic mass is 16.5. The van der Waals surface area contributed by atoms with Gasteiger partial charge in [-0.05, 0) is 12.1 Å². The third-order valence-corrected chi connectivity index (χ3v) is 3.51. The average Bonchev–Trinajstić information content (AvgIpc) is 2.94. The Morgan fingerprint density at radius 3 is 2.70 bits per heavy atom. The van der Waals surface area contributed by atoms with E-state index in [-0.39, 0.29) is 0 Å². The van der Waals surface area contributed by atoms with Crippen LogP contribution in [0.4, 0.5) is 11.6 Å². The summed E-state index contributed by atoms with van der Waals surface area (Å²) >= 11 is 0. The molecule has 0 amide bonds. The Balaban J connectivity index is 1.58. The lowest BCUT2D eigenvalue weighted by molar-refractivity contribution is 0.0364. The highest BCUT2D eigenvalue weighted by Gasteiger charge is 2.11. The number of aromatic nitrogens is 2. The molecule has 0 bridgehead atoms. The number of ether oxygens (including phenoxy) is 1. The molecule has 5 nitrogen and oxygen atoms in total. The maximum atomic E-state index is 5.37. The number of anilines is 2. The summed E-state index contributed by atoms with van der Waals surface area (Å²) in [4.78, 5) is 6.81. The van der Waals surface area contributed by atoms with Gasteiger partial charge in [0.1, 0.15) is 0 Å². The molecule has 0 unspecified atom stereocenters. The van der Waals surface area contributed by atoms with E-state index in [4.69, 9.17) is 4.74 Å². The molecule has 2 aromatic rings. The molecular formula is C15H20N4O. The largest absolute Gasteiger partial charge is 0.379 e. The fourth-order valence-corrected chi connectivity index (χ4v) is 2.34. The van der Waals surface area contributed by atoms with Gasteiger partial charge in [0.05, 0.1) is 13.2 Å². The van der Waals surface area contributed by atoms with E-state index in [9.17, 15) is 0 Å². The third-order valence-electron chi connectivity index (χ3n) is 3.51. The first-order valence-electron chi connectivity index (χ1n) is 7.05. The molecule has 2 heterocycles. The molecule has 1 aliphatic rings. The lowest BCUT2D eigenvalue weighted by atomic mass is 10.3. The molecular weight excluding hydrogens is 252 g/mol. The number of nitrogens with one attached hydrogen (secondary N) is 1. The molecule has 5 heteroatoms. The topological polar surface area (TPSA) is 42.3 Å². The zero-order chi connectivity index (χ0) is 13.6. The lowest BCUT2D eigenvalue weighted by Crippen LogP contribution is -2.38. The summed E-state index contributed by atoms with van der Waals surface area (Å²) < 4.78 is 7.52. The van der Waals surface area contributed by atoms with Crippen molar-refractivity contribution in [3.63, 3.8) is 0 Å². The van der Waals surface area contributed by atoms with Gasteiger partial charge >= 0.3 is 0 Å². The van der Waals surface area contributed by atoms with Crippen molar-refractivity contribution >= 4 is 11.6 Å². The second-order valence-electron chi connectivity index (χ2n) is 4.89. The molecule has 1 saturated heterocycles. The van der Waals surface area contributed by atoms with E-state index in [1.165, 1.54) is 0 Å². The van der Waals surface area contributed by atoms with E-state index in [2.05, 4.69) is 19.8 Å². The second-order valence-corrected chi connectivity index (χ2v) is 4.89. The predicted molar refractivity (Wildman–Crippen MR) is 79.2 cm³/mol. The van der Waals surface area contributed by atoms with E-state index >= 15 is 0 Å². The number of hydrogen-bond donors (Lipinski definition) is 1. The van der Waals surface area contributed by atoms with Crippen LogP contribution in [0.25, 0.3) is 0 Å². The lowest BCUT2D eigenvalue weighted by Gasteiger charge is -2.26. The first-order valence-corrected chi connectivity index (χ1v) is 7.05. The molecule has 0 aliphatic carbocycles. The van der Waals surface area contributed by atoms with E-state index in [1.54, 1.807) is 0 Å². The van der Waals surface area contributed by atoms with Crippen LogP contribution in [0.3, 0.4) is 0 Å². The molecule has 1 N–H and O–H groups in total. The van der Waals surface area contributed by atoms with Gasteiger partial charge in [-0.2, -0.15) is 0 Å². The Labute approximate surface area is 119 Å². The van der Waals surface area contributed by atoms with Gasteiger partial charge < -0.3 is 14.6 Å². The van der Waals surface area contributed by atoms with Crippen LogP contribution in [0, 0.1) is 0 Å². The Kier molecular flexibility index (Phi) is 4.30. The molecule has 0 atom stereocenters. The van der Waals surface area contributed by atoms with Gasteiger partial charge in [0.25, 0.3) is 0 Å². The molecule has 1 fully saturated rings. The Hall–Kier alpha value is -1.85. The maximum Gasteiger partial charge on any atom is 0.207 e. The fraction of sp³-hybridized carbons (Fsp3) is 0.400. The third kappa shape index (κ3) is 3.37. The summed E-state index contributed by atoms with van der Waals surface area (Å²) in [6, 6.07) is 10.1. The summed E-state index contributed by atoms with van der Waals surface area (Å²) in [7, 11) is 0. The van der Waals surface area contributed by atoms with Crippen LogP contribution in [0.15, 0.2) is 42.7 Å². The number of benzene rings is 1. The minimum absolute atomic E-state index is 0.846. The predicted octanol–water partition coefficient (Wildman–Crippen LogP) is 1.96. The second kappa shape index (κ2) is 6.54. The number of imidazole rings is 1. The van der Waals surface area contributed by atoms with E-state index in [0.29, 0.717) is 0 Å². The fourth-order valence-electron chi connectivity index (χ4n) is 2.34. The molecule has 3 rings (SSSR count). The van der Waals surface area contributed by atoms with Gasteiger partial charge in [-0.25, -0.2) is 4.98 Å². The molecule has 1 aromatic carbocycles. The number of hydrogen-bond acceptors (Lipinski definition) is 4. The Morgan fingerprint density at radius 1 is 1.10 bits per heavy atom. The number of nitrogens with zero attached hydrogens (tertiary/aromatic N) is 3. The summed E-state index contributed by atoms with van der Waals surface area (Å²) in [5.74, 6) is 0.893. The highest BCUT2D eigenvalue weighted by molar-refractivity contribution is 5.52. The van der Waals surface area contributed by atoms with Crippen LogP contribution in [-0.4, -0.2) is 47.3 Å². The Bertz CT molecular complexity index is 520. The average molecular weight is 272 g/mol. The van der Waals surface area contributed by atoms with E-state index in [1.807, 2.05) is 42.7 Å². The molecule has 106 valence electrons. The summed E-state index contributed by atoms with van der Waals surface area (Å²) in [5.41, 5.74) is 1.06. The Morgan fingerprint density at radius 2 is 1.90 bits per heavy atom. The molecule has 0 saturated carbocycles. The van der Waals surface area contributed by atoms with Crippen molar-refractivity contribution in [2.24, 2.45) is 0 Å². The molecule has 0 radical (unpaired) electrons. The SMILES string of the molecule is c1ccc(Nc2nccn2CCN2CCOCC2)cc1. The molecule has 1 aromatic heterocycles. The van der Waals surface area contributed by atoms with Gasteiger partial charge in [-0.15, -0.1) is 0 Å². The number of para-hydroxylation sites is 1. The quantitative estimate of drug-likeness (QED) is 0.903. The van der Waals surface area contributed by atoms with Crippen LogP contribution in [0.1, 0.15) is 0 Å². The van der Waals surface area contributed by atoms with Crippen LogP contribution in [0.2, 0.25) is 0 Å². The first kappa shape index (κ1) is 13.1. The summed E-state index contributed by atoms with van der Waals surface area (Å²) in [5, 5.41) is 3.35. The summed E-state index contributed by atoms with van der Waals surface area (Å²) in [6.45, 7) is 5.71. The molecule has 0 spiro atoms. The standard InChI is InChI=1S/C15H20N4O/c1-2-4-14(5-3-1)17-15-16-6-7-19(15)9-8-18-10-12-20-13-11-18/h1-7H,8-13H2,(H,16,17). The monoisotopic (exact) mass is 272 g/mol. The number of morpholine rings is 1. The van der Waals surface area contributed by atoms with Crippen molar-refractivity contribution in [2.75, 3.05) is 38.2 Å². The number of rotatable bonds is 5. The van der Waals surface area contributed by atoms with Crippen molar-refractivity contribution < 1.29 is 4.74 Å². The normalized spacial score (nSPS) is 16.2. The van der Waals surface area contributed by atoms with Gasteiger partial charge in [0, 0.05) is 44.3 Å². The maximum absolute atomic E-state index is 5.37. The zero-order valence-electron chi connectivity index (χ0n) is 11.5. The van der Waals surface area contributed by atoms with Gasteiger partial charge in [0.15, 0.2) is 0 Å². The summed E-state index contributed by atoms with van der Waals surface area (Å²) in [6.07, 6.45) is 3.86. The van der Waals surface area contributed by atoms with Crippen LogP contribution < -0.4 is 5.32 Å². The first-order chi connectivity index (χ1) is 9.92. The highest BCUT2D eigenvalue weighted by Crippen LogP contribution is 2.14. The van der Waals surface area contributed by atoms with E-state index < -0.39 is 0 Å². The van der Waals surface area contributed by atoms with Crippen molar-refractivity contribution in [3.05, 3.63) is 42.7 Å². The molecule has 1 aliphatic heterocycles. The van der Waals surface area contributed by atoms with Crippen LogP contribution in [0.5, 0.6) is 0 Å². The smallest absolute Gasteiger partial charge is 0.207 e. The zero-order valence-corrected chi connectivity index (χ0v) is 11.5. The van der Waals surface area contributed by atoms with Crippen LogP contribution >= 0.6 is 0 Å². The van der Waals surface area contributed by atoms with E-state index in [0.717, 1.165) is 51.0 Å². The van der Waals surface area contributed by atoms with Gasteiger partial charge in [-0.1, -0.05) is 18.2 Å². The van der Waals surface area contributed by atoms with Crippen molar-refractivity contribution in [3.8, 4) is 0 Å². The van der Waals surface area contributed by atoms with Crippen molar-refractivity contribution in [2.45, 2.75) is 6.54 Å². The van der Waals surface area contributed by atoms with Gasteiger partial charge in [-0.3, -0.25) is 4.90 Å². The minimum atomic E-state index is 0.846. The van der Waals surface area contributed by atoms with Gasteiger partial charge in [0.2, 0.25) is 5.95 Å². The van der Waals surface area contributed by atoms with Crippen LogP contribution in [-0.2, 0) is 11.3 Å². The minimum Gasteiger partial charge on any atom is -0.379 e.